The van der Waals surface area contributed by atoms with Crippen LogP contribution in [0.2, 0.25) is 0 Å². The van der Waals surface area contributed by atoms with E-state index in [-0.39, 0.29) is 41.0 Å². The van der Waals surface area contributed by atoms with E-state index in [2.05, 4.69) is 5.10 Å². The van der Waals surface area contributed by atoms with E-state index in [1.54, 1.807) is 18.7 Å². The summed E-state index contributed by atoms with van der Waals surface area (Å²) in [5.41, 5.74) is 1.01. The second-order valence-electron chi connectivity index (χ2n) is 6.62. The zero-order valence-corrected chi connectivity index (χ0v) is 15.3. The number of carbonyl (C=O) groups excluding carboxylic acids is 1. The third-order valence-electron chi connectivity index (χ3n) is 4.91. The van der Waals surface area contributed by atoms with E-state index < -0.39 is 19.7 Å². The molecule has 0 aliphatic carbocycles. The molecule has 0 spiro atoms. The van der Waals surface area contributed by atoms with Gasteiger partial charge in [-0.05, 0) is 19.8 Å². The van der Waals surface area contributed by atoms with Crippen LogP contribution < -0.4 is 0 Å². The minimum Gasteiger partial charge on any atom is -0.338 e. The van der Waals surface area contributed by atoms with Crippen LogP contribution in [0, 0.1) is 6.92 Å². The molecule has 1 aromatic heterocycles. The zero-order chi connectivity index (χ0) is 17.7. The monoisotopic (exact) mass is 375 g/mol. The number of hydrogen-bond donors (Lipinski definition) is 0. The van der Waals surface area contributed by atoms with Gasteiger partial charge in [0.2, 0.25) is 0 Å². The van der Waals surface area contributed by atoms with E-state index >= 15 is 0 Å². The molecule has 2 unspecified atom stereocenters. The lowest BCUT2D eigenvalue weighted by molar-refractivity contribution is 0.0746. The van der Waals surface area contributed by atoms with Gasteiger partial charge in [0.25, 0.3) is 5.91 Å². The van der Waals surface area contributed by atoms with Crippen molar-refractivity contribution in [3.8, 4) is 0 Å². The van der Waals surface area contributed by atoms with Gasteiger partial charge in [0.1, 0.15) is 0 Å². The lowest BCUT2D eigenvalue weighted by Crippen LogP contribution is -2.38. The maximum Gasteiger partial charge on any atom is 0.257 e. The first-order valence-electron chi connectivity index (χ1n) is 7.82. The van der Waals surface area contributed by atoms with Gasteiger partial charge in [0, 0.05) is 18.8 Å². The molecular formula is C14H21N3O5S2. The number of nitrogens with zero attached hydrogens (tertiary/aromatic N) is 3. The molecule has 0 aromatic carbocycles. The Hall–Kier alpha value is -1.42. The van der Waals surface area contributed by atoms with Crippen molar-refractivity contribution in [3.63, 3.8) is 0 Å². The molecule has 1 aromatic rings. The van der Waals surface area contributed by atoms with Crippen molar-refractivity contribution in [2.24, 2.45) is 0 Å². The molecule has 2 aliphatic rings. The Balaban J connectivity index is 1.79. The molecule has 0 saturated carbocycles. The van der Waals surface area contributed by atoms with Gasteiger partial charge < -0.3 is 4.90 Å². The predicted molar refractivity (Wildman–Crippen MR) is 88.4 cm³/mol. The number of amides is 1. The molecule has 24 heavy (non-hydrogen) atoms. The molecule has 0 radical (unpaired) electrons. The second kappa shape index (κ2) is 5.83. The SMILES string of the molecule is Cc1c(C(=O)N(C)C2CCS(=O)(=O)C2)cnn1C1CCS(=O)(=O)C1. The summed E-state index contributed by atoms with van der Waals surface area (Å²) in [5, 5.41) is 4.21. The van der Waals surface area contributed by atoms with Crippen LogP contribution in [0.15, 0.2) is 6.20 Å². The number of sulfone groups is 2. The standard InChI is InChI=1S/C14H21N3O5S2/c1-10-13(7-15-17(10)12-4-6-24(21,22)9-12)14(18)16(2)11-3-5-23(19,20)8-11/h7,11-12H,3-6,8-9H2,1-2H3. The van der Waals surface area contributed by atoms with Crippen molar-refractivity contribution < 1.29 is 21.6 Å². The van der Waals surface area contributed by atoms with Gasteiger partial charge in [-0.1, -0.05) is 0 Å². The normalized spacial score (nSPS) is 28.1. The fourth-order valence-electron chi connectivity index (χ4n) is 3.41. The molecular weight excluding hydrogens is 354 g/mol. The molecule has 134 valence electrons. The lowest BCUT2D eigenvalue weighted by atomic mass is 10.1. The summed E-state index contributed by atoms with van der Waals surface area (Å²) in [7, 11) is -4.50. The predicted octanol–water partition coefficient (Wildman–Crippen LogP) is -0.190. The summed E-state index contributed by atoms with van der Waals surface area (Å²) in [6.07, 6.45) is 2.39. The highest BCUT2D eigenvalue weighted by Gasteiger charge is 2.35. The van der Waals surface area contributed by atoms with Gasteiger partial charge in [-0.3, -0.25) is 9.48 Å². The van der Waals surface area contributed by atoms with E-state index in [4.69, 9.17) is 0 Å². The molecule has 0 bridgehead atoms. The molecule has 2 aliphatic heterocycles. The Morgan fingerprint density at radius 3 is 2.33 bits per heavy atom. The average Bonchev–Trinajstić information content (AvgIpc) is 3.14. The summed E-state index contributed by atoms with van der Waals surface area (Å²) in [4.78, 5) is 14.1. The van der Waals surface area contributed by atoms with E-state index in [1.807, 2.05) is 0 Å². The van der Waals surface area contributed by atoms with Gasteiger partial charge in [-0.2, -0.15) is 5.10 Å². The van der Waals surface area contributed by atoms with Crippen molar-refractivity contribution >= 4 is 25.6 Å². The minimum absolute atomic E-state index is 0.0106. The van der Waals surface area contributed by atoms with E-state index in [0.29, 0.717) is 24.1 Å². The maximum absolute atomic E-state index is 12.7. The second-order valence-corrected chi connectivity index (χ2v) is 11.1. The Morgan fingerprint density at radius 1 is 1.17 bits per heavy atom. The lowest BCUT2D eigenvalue weighted by Gasteiger charge is -2.23. The highest BCUT2D eigenvalue weighted by atomic mass is 32.2. The zero-order valence-electron chi connectivity index (χ0n) is 13.7. The smallest absolute Gasteiger partial charge is 0.257 e. The Kier molecular flexibility index (Phi) is 4.23. The van der Waals surface area contributed by atoms with Gasteiger partial charge in [-0.15, -0.1) is 0 Å². The quantitative estimate of drug-likeness (QED) is 0.725. The van der Waals surface area contributed by atoms with Crippen LogP contribution >= 0.6 is 0 Å². The van der Waals surface area contributed by atoms with Crippen LogP contribution in [0.4, 0.5) is 0 Å². The molecule has 1 amide bonds. The number of carbonyl (C=O) groups is 1. The Labute approximate surface area is 141 Å². The van der Waals surface area contributed by atoms with E-state index in [1.165, 1.54) is 11.1 Å². The molecule has 3 rings (SSSR count). The van der Waals surface area contributed by atoms with Gasteiger partial charge in [-0.25, -0.2) is 16.8 Å². The average molecular weight is 375 g/mol. The summed E-state index contributed by atoms with van der Waals surface area (Å²) < 4.78 is 48.1. The van der Waals surface area contributed by atoms with Crippen LogP contribution in [0.25, 0.3) is 0 Å². The Bertz CT molecular complexity index is 872. The molecule has 2 saturated heterocycles. The third kappa shape index (κ3) is 3.21. The van der Waals surface area contributed by atoms with E-state index in [0.717, 1.165) is 0 Å². The molecule has 3 heterocycles. The minimum atomic E-state index is -3.07. The fraction of sp³-hybridized carbons (Fsp3) is 0.714. The van der Waals surface area contributed by atoms with Crippen molar-refractivity contribution in [1.82, 2.24) is 14.7 Å². The first-order chi connectivity index (χ1) is 11.1. The third-order valence-corrected chi connectivity index (χ3v) is 8.41. The van der Waals surface area contributed by atoms with Crippen LogP contribution in [0.1, 0.15) is 34.9 Å². The summed E-state index contributed by atoms with van der Waals surface area (Å²) in [6.45, 7) is 1.74. The van der Waals surface area contributed by atoms with Gasteiger partial charge in [0.05, 0.1) is 40.8 Å². The van der Waals surface area contributed by atoms with Gasteiger partial charge >= 0.3 is 0 Å². The van der Waals surface area contributed by atoms with Crippen LogP contribution in [-0.2, 0) is 19.7 Å². The molecule has 2 atom stereocenters. The van der Waals surface area contributed by atoms with Crippen molar-refractivity contribution in [3.05, 3.63) is 17.5 Å². The number of aromatic nitrogens is 2. The first-order valence-corrected chi connectivity index (χ1v) is 11.5. The van der Waals surface area contributed by atoms with Crippen LogP contribution in [0.5, 0.6) is 0 Å². The van der Waals surface area contributed by atoms with E-state index in [9.17, 15) is 21.6 Å². The summed E-state index contributed by atoms with van der Waals surface area (Å²) >= 11 is 0. The highest BCUT2D eigenvalue weighted by molar-refractivity contribution is 7.91. The van der Waals surface area contributed by atoms with Crippen molar-refractivity contribution in [2.75, 3.05) is 30.1 Å². The molecule has 2 fully saturated rings. The molecule has 0 N–H and O–H groups in total. The highest BCUT2D eigenvalue weighted by Crippen LogP contribution is 2.26. The summed E-state index contributed by atoms with van der Waals surface area (Å²) in [5.74, 6) is -0.00170. The largest absolute Gasteiger partial charge is 0.338 e. The number of hydrogen-bond acceptors (Lipinski definition) is 6. The number of rotatable bonds is 3. The Morgan fingerprint density at radius 2 is 1.79 bits per heavy atom. The molecule has 10 heteroatoms. The fourth-order valence-corrected chi connectivity index (χ4v) is 6.87. The maximum atomic E-state index is 12.7. The van der Waals surface area contributed by atoms with Crippen molar-refractivity contribution in [1.29, 1.82) is 0 Å². The topological polar surface area (TPSA) is 106 Å². The molecule has 8 nitrogen and oxygen atoms in total. The van der Waals surface area contributed by atoms with Crippen LogP contribution in [0.3, 0.4) is 0 Å². The van der Waals surface area contributed by atoms with Crippen molar-refractivity contribution in [2.45, 2.75) is 31.8 Å². The van der Waals surface area contributed by atoms with Crippen LogP contribution in [-0.4, -0.2) is 73.5 Å². The summed E-state index contributed by atoms with van der Waals surface area (Å²) in [6, 6.07) is -0.564. The van der Waals surface area contributed by atoms with Gasteiger partial charge in [0.15, 0.2) is 19.7 Å². The first kappa shape index (κ1) is 17.4.